The molecule has 25 heavy (non-hydrogen) atoms. The van der Waals surface area contributed by atoms with Crippen LogP contribution in [-0.2, 0) is 19.4 Å². The van der Waals surface area contributed by atoms with Gasteiger partial charge in [0.2, 0.25) is 0 Å². The van der Waals surface area contributed by atoms with Crippen LogP contribution < -0.4 is 5.32 Å². The average Bonchev–Trinajstić information content (AvgIpc) is 3.22. The van der Waals surface area contributed by atoms with Crippen LogP contribution in [0.1, 0.15) is 59.5 Å². The van der Waals surface area contributed by atoms with Crippen LogP contribution >= 0.6 is 11.3 Å². The number of carbonyl (C=O) groups excluding carboxylic acids is 1. The number of hydrogen-bond acceptors (Lipinski definition) is 4. The van der Waals surface area contributed by atoms with Crippen LogP contribution in [0.15, 0.2) is 24.3 Å². The van der Waals surface area contributed by atoms with E-state index in [1.165, 1.54) is 0 Å². The lowest BCUT2D eigenvalue weighted by atomic mass is 9.95. The van der Waals surface area contributed by atoms with Gasteiger partial charge in [-0.3, -0.25) is 9.48 Å². The van der Waals surface area contributed by atoms with Crippen molar-refractivity contribution in [3.05, 3.63) is 46.2 Å². The summed E-state index contributed by atoms with van der Waals surface area (Å²) in [6.45, 7) is 4.74. The van der Waals surface area contributed by atoms with Gasteiger partial charge in [0.05, 0.1) is 22.0 Å². The van der Waals surface area contributed by atoms with Gasteiger partial charge in [0.15, 0.2) is 0 Å². The molecule has 2 aromatic heterocycles. The summed E-state index contributed by atoms with van der Waals surface area (Å²) in [4.78, 5) is 17.6. The number of aromatic nitrogens is 3. The molecule has 0 bridgehead atoms. The molecule has 1 aliphatic carbocycles. The molecule has 4 rings (SSSR count). The van der Waals surface area contributed by atoms with E-state index in [1.54, 1.807) is 11.3 Å². The summed E-state index contributed by atoms with van der Waals surface area (Å²) < 4.78 is 3.01. The second-order valence-corrected chi connectivity index (χ2v) is 7.57. The summed E-state index contributed by atoms with van der Waals surface area (Å²) in [6, 6.07) is 7.95. The molecule has 0 unspecified atom stereocenters. The van der Waals surface area contributed by atoms with Crippen LogP contribution in [0.3, 0.4) is 0 Å². The van der Waals surface area contributed by atoms with Crippen LogP contribution in [0, 0.1) is 0 Å². The molecule has 0 fully saturated rings. The Morgan fingerprint density at radius 3 is 2.92 bits per heavy atom. The van der Waals surface area contributed by atoms with Crippen LogP contribution in [0.25, 0.3) is 10.2 Å². The van der Waals surface area contributed by atoms with Crippen LogP contribution in [0.5, 0.6) is 0 Å². The lowest BCUT2D eigenvalue weighted by Crippen LogP contribution is -2.29. The number of nitrogens with one attached hydrogen (secondary N) is 1. The van der Waals surface area contributed by atoms with E-state index >= 15 is 0 Å². The average molecular weight is 354 g/mol. The lowest BCUT2D eigenvalue weighted by molar-refractivity contribution is 0.0928. The van der Waals surface area contributed by atoms with Crippen LogP contribution in [0.2, 0.25) is 0 Å². The minimum Gasteiger partial charge on any atom is -0.342 e. The minimum atomic E-state index is -0.121. The molecule has 0 saturated heterocycles. The molecule has 1 N–H and O–H groups in total. The highest BCUT2D eigenvalue weighted by atomic mass is 32.1. The van der Waals surface area contributed by atoms with Crippen molar-refractivity contribution in [2.75, 3.05) is 0 Å². The third-order valence-corrected chi connectivity index (χ3v) is 5.99. The Balaban J connectivity index is 1.60. The Bertz CT molecular complexity index is 894. The molecule has 2 heterocycles. The van der Waals surface area contributed by atoms with E-state index in [-0.39, 0.29) is 11.9 Å². The molecule has 1 aliphatic rings. The van der Waals surface area contributed by atoms with Gasteiger partial charge in [-0.25, -0.2) is 4.98 Å². The number of rotatable bonds is 4. The largest absolute Gasteiger partial charge is 0.342 e. The maximum atomic E-state index is 13.0. The summed E-state index contributed by atoms with van der Waals surface area (Å²) in [7, 11) is 0. The van der Waals surface area contributed by atoms with Crippen molar-refractivity contribution in [3.63, 3.8) is 0 Å². The number of benzene rings is 1. The summed E-state index contributed by atoms with van der Waals surface area (Å²) in [6.07, 6.45) is 4.23. The van der Waals surface area contributed by atoms with Crippen molar-refractivity contribution in [2.24, 2.45) is 0 Å². The zero-order valence-corrected chi connectivity index (χ0v) is 15.4. The molecule has 0 saturated carbocycles. The first-order valence-corrected chi connectivity index (χ1v) is 9.74. The predicted molar refractivity (Wildman–Crippen MR) is 100 cm³/mol. The molecule has 130 valence electrons. The number of amides is 1. The van der Waals surface area contributed by atoms with Crippen molar-refractivity contribution in [3.8, 4) is 0 Å². The summed E-state index contributed by atoms with van der Waals surface area (Å²) in [5.41, 5.74) is 3.97. The van der Waals surface area contributed by atoms with Gasteiger partial charge < -0.3 is 5.32 Å². The number of para-hydroxylation sites is 1. The highest BCUT2D eigenvalue weighted by Crippen LogP contribution is 2.28. The monoisotopic (exact) mass is 354 g/mol. The molecule has 1 amide bonds. The van der Waals surface area contributed by atoms with E-state index in [4.69, 9.17) is 0 Å². The van der Waals surface area contributed by atoms with Crippen molar-refractivity contribution in [1.29, 1.82) is 0 Å². The fraction of sp³-hybridized carbons (Fsp3) is 0.421. The standard InChI is InChI=1S/C19H22N4OS/c1-3-23-17(13-8-4-5-9-14(13)22-23)18(24)20-12(2)19-21-15-10-6-7-11-16(15)25-19/h6-7,10-12H,3-5,8-9H2,1-2H3,(H,20,24)/t12-/m0/s1. The van der Waals surface area contributed by atoms with Gasteiger partial charge in [-0.1, -0.05) is 12.1 Å². The first-order valence-electron chi connectivity index (χ1n) is 8.92. The molecule has 1 aromatic carbocycles. The third kappa shape index (κ3) is 2.95. The van der Waals surface area contributed by atoms with Crippen molar-refractivity contribution in [1.82, 2.24) is 20.1 Å². The highest BCUT2D eigenvalue weighted by Gasteiger charge is 2.26. The zero-order chi connectivity index (χ0) is 17.4. The molecule has 6 heteroatoms. The summed E-state index contributed by atoms with van der Waals surface area (Å²) in [5.74, 6) is -0.0377. The topological polar surface area (TPSA) is 59.8 Å². The summed E-state index contributed by atoms with van der Waals surface area (Å²) >= 11 is 1.64. The number of carbonyl (C=O) groups is 1. The Morgan fingerprint density at radius 2 is 2.12 bits per heavy atom. The second kappa shape index (κ2) is 6.59. The molecule has 0 aliphatic heterocycles. The maximum Gasteiger partial charge on any atom is 0.270 e. The van der Waals surface area contributed by atoms with Crippen LogP contribution in [0.4, 0.5) is 0 Å². The molecule has 3 aromatic rings. The van der Waals surface area contributed by atoms with Gasteiger partial charge in [0.1, 0.15) is 10.7 Å². The van der Waals surface area contributed by atoms with Crippen LogP contribution in [-0.4, -0.2) is 20.7 Å². The number of aryl methyl sites for hydroxylation is 2. The van der Waals surface area contributed by atoms with Gasteiger partial charge >= 0.3 is 0 Å². The SMILES string of the molecule is CCn1nc2c(c1C(=O)N[C@@H](C)c1nc3ccccc3s1)CCCC2. The predicted octanol–water partition coefficient (Wildman–Crippen LogP) is 3.88. The molecule has 0 spiro atoms. The number of nitrogens with zero attached hydrogens (tertiary/aromatic N) is 3. The molecule has 1 atom stereocenters. The van der Waals surface area contributed by atoms with Gasteiger partial charge in [-0.15, -0.1) is 11.3 Å². The first kappa shape index (κ1) is 16.3. The fourth-order valence-corrected chi connectivity index (χ4v) is 4.46. The maximum absolute atomic E-state index is 13.0. The molecule has 5 nitrogen and oxygen atoms in total. The highest BCUT2D eigenvalue weighted by molar-refractivity contribution is 7.18. The van der Waals surface area contributed by atoms with E-state index in [1.807, 2.05) is 36.7 Å². The Hall–Kier alpha value is -2.21. The minimum absolute atomic E-state index is 0.0377. The fourth-order valence-electron chi connectivity index (χ4n) is 3.49. The van der Waals surface area contributed by atoms with Crippen molar-refractivity contribution in [2.45, 2.75) is 52.1 Å². The number of thiazole rings is 1. The van der Waals surface area contributed by atoms with Gasteiger partial charge in [-0.05, 0) is 51.7 Å². The third-order valence-electron chi connectivity index (χ3n) is 4.77. The lowest BCUT2D eigenvalue weighted by Gasteiger charge is -2.14. The molecular formula is C19H22N4OS. The molecular weight excluding hydrogens is 332 g/mol. The second-order valence-electron chi connectivity index (χ2n) is 6.51. The Labute approximate surface area is 151 Å². The van der Waals surface area contributed by atoms with E-state index < -0.39 is 0 Å². The van der Waals surface area contributed by atoms with Gasteiger partial charge in [-0.2, -0.15) is 5.10 Å². The number of hydrogen-bond donors (Lipinski definition) is 1. The Kier molecular flexibility index (Phi) is 4.29. The zero-order valence-electron chi connectivity index (χ0n) is 14.6. The van der Waals surface area contributed by atoms with Crippen molar-refractivity contribution < 1.29 is 4.79 Å². The molecule has 0 radical (unpaired) electrons. The summed E-state index contributed by atoms with van der Waals surface area (Å²) in [5, 5.41) is 8.72. The Morgan fingerprint density at radius 1 is 1.32 bits per heavy atom. The van der Waals surface area contributed by atoms with Crippen molar-refractivity contribution >= 4 is 27.5 Å². The van der Waals surface area contributed by atoms with E-state index in [9.17, 15) is 4.79 Å². The van der Waals surface area contributed by atoms with Gasteiger partial charge in [0.25, 0.3) is 5.91 Å². The number of fused-ring (bicyclic) bond motifs is 2. The normalized spacial score (nSPS) is 15.1. The smallest absolute Gasteiger partial charge is 0.270 e. The quantitative estimate of drug-likeness (QED) is 0.773. The van der Waals surface area contributed by atoms with E-state index in [0.717, 1.165) is 57.9 Å². The van der Waals surface area contributed by atoms with E-state index in [0.29, 0.717) is 6.54 Å². The first-order chi connectivity index (χ1) is 12.2. The van der Waals surface area contributed by atoms with Gasteiger partial charge in [0, 0.05) is 12.1 Å². The van der Waals surface area contributed by atoms with E-state index in [2.05, 4.69) is 21.5 Å².